The molecule has 3 nitrogen and oxygen atoms in total. The molecule has 0 saturated heterocycles. The van der Waals surface area contributed by atoms with E-state index in [0.717, 1.165) is 12.4 Å². The Kier molecular flexibility index (Phi) is 3.96. The highest BCUT2D eigenvalue weighted by Gasteiger charge is 2.37. The van der Waals surface area contributed by atoms with Gasteiger partial charge in [0.1, 0.15) is 5.82 Å². The Bertz CT molecular complexity index is 339. The Morgan fingerprint density at radius 2 is 2.00 bits per heavy atom. The van der Waals surface area contributed by atoms with Gasteiger partial charge in [0.05, 0.1) is 6.61 Å². The lowest BCUT2D eigenvalue weighted by molar-refractivity contribution is 0.262. The normalized spacial score (nSPS) is 13.1. The second kappa shape index (κ2) is 4.71. The summed E-state index contributed by atoms with van der Waals surface area (Å²) in [4.78, 5) is 4.33. The van der Waals surface area contributed by atoms with Crippen LogP contribution in [0.4, 0.5) is 0 Å². The first kappa shape index (κ1) is 13.5. The van der Waals surface area contributed by atoms with Crippen LogP contribution < -0.4 is 0 Å². The van der Waals surface area contributed by atoms with Crippen LogP contribution in [0.5, 0.6) is 0 Å². The molecule has 1 heterocycles. The first-order valence-electron chi connectivity index (χ1n) is 5.92. The van der Waals surface area contributed by atoms with E-state index in [1.807, 2.05) is 12.4 Å². The third-order valence-corrected chi connectivity index (χ3v) is 7.99. The van der Waals surface area contributed by atoms with Gasteiger partial charge in [-0.3, -0.25) is 0 Å². The average molecular weight is 240 g/mol. The van der Waals surface area contributed by atoms with Crippen molar-refractivity contribution in [3.63, 3.8) is 0 Å². The number of hydrogen-bond acceptors (Lipinski definition) is 2. The molecule has 1 rings (SSSR count). The second-order valence-corrected chi connectivity index (χ2v) is 10.5. The zero-order chi connectivity index (χ0) is 12.4. The fourth-order valence-electron chi connectivity index (χ4n) is 1.23. The molecule has 4 heteroatoms. The Morgan fingerprint density at radius 3 is 2.50 bits per heavy atom. The van der Waals surface area contributed by atoms with Gasteiger partial charge in [-0.25, -0.2) is 4.98 Å². The van der Waals surface area contributed by atoms with Crippen LogP contribution in [0.1, 0.15) is 33.5 Å². The van der Waals surface area contributed by atoms with Gasteiger partial charge < -0.3 is 8.99 Å². The standard InChI is InChI=1S/C12H24N2OSi/c1-7-14-9-8-13-11(14)10-15-16(5,6)12(2,3)4/h8-9H,7,10H2,1-6H3. The summed E-state index contributed by atoms with van der Waals surface area (Å²) in [6.45, 7) is 15.0. The van der Waals surface area contributed by atoms with Crippen molar-refractivity contribution in [1.29, 1.82) is 0 Å². The van der Waals surface area contributed by atoms with Crippen LogP contribution in [-0.2, 0) is 17.6 Å². The number of imidazole rings is 1. The summed E-state index contributed by atoms with van der Waals surface area (Å²) in [7, 11) is -1.65. The third-order valence-electron chi connectivity index (χ3n) is 3.51. The molecule has 1 aromatic rings. The highest BCUT2D eigenvalue weighted by atomic mass is 28.4. The molecule has 0 N–H and O–H groups in total. The van der Waals surface area contributed by atoms with Gasteiger partial charge in [0, 0.05) is 18.9 Å². The van der Waals surface area contributed by atoms with Crippen molar-refractivity contribution in [1.82, 2.24) is 9.55 Å². The first-order valence-corrected chi connectivity index (χ1v) is 8.82. The van der Waals surface area contributed by atoms with Crippen molar-refractivity contribution in [3.05, 3.63) is 18.2 Å². The van der Waals surface area contributed by atoms with Gasteiger partial charge in [0.15, 0.2) is 8.32 Å². The Hall–Kier alpha value is -0.613. The molecule has 92 valence electrons. The van der Waals surface area contributed by atoms with Gasteiger partial charge in [-0.05, 0) is 25.1 Å². The number of nitrogens with zero attached hydrogens (tertiary/aromatic N) is 2. The summed E-state index contributed by atoms with van der Waals surface area (Å²) in [5.74, 6) is 1.03. The van der Waals surface area contributed by atoms with Crippen LogP contribution in [0.3, 0.4) is 0 Å². The molecule has 0 radical (unpaired) electrons. The summed E-state index contributed by atoms with van der Waals surface area (Å²) in [5.41, 5.74) is 0. The minimum atomic E-state index is -1.65. The maximum absolute atomic E-state index is 6.14. The largest absolute Gasteiger partial charge is 0.409 e. The zero-order valence-corrected chi connectivity index (χ0v) is 12.4. The Morgan fingerprint density at radius 1 is 1.38 bits per heavy atom. The molecule has 0 fully saturated rings. The number of hydrogen-bond donors (Lipinski definition) is 0. The molecule has 1 aromatic heterocycles. The van der Waals surface area contributed by atoms with Crippen molar-refractivity contribution in [2.75, 3.05) is 0 Å². The van der Waals surface area contributed by atoms with Gasteiger partial charge in [-0.2, -0.15) is 0 Å². The van der Waals surface area contributed by atoms with Crippen LogP contribution in [0.15, 0.2) is 12.4 Å². The van der Waals surface area contributed by atoms with Crippen molar-refractivity contribution in [2.24, 2.45) is 0 Å². The molecular formula is C12H24N2OSi. The van der Waals surface area contributed by atoms with Gasteiger partial charge in [0.2, 0.25) is 0 Å². The molecule has 0 aliphatic rings. The van der Waals surface area contributed by atoms with E-state index < -0.39 is 8.32 Å². The fraction of sp³-hybridized carbons (Fsp3) is 0.750. The predicted molar refractivity (Wildman–Crippen MR) is 69.9 cm³/mol. The monoisotopic (exact) mass is 240 g/mol. The summed E-state index contributed by atoms with van der Waals surface area (Å²) in [6.07, 6.45) is 3.85. The Labute approximate surface area is 100.0 Å². The van der Waals surface area contributed by atoms with Crippen molar-refractivity contribution in [2.45, 2.75) is 59.0 Å². The zero-order valence-electron chi connectivity index (χ0n) is 11.4. The lowest BCUT2D eigenvalue weighted by Gasteiger charge is -2.36. The fourth-order valence-corrected chi connectivity index (χ4v) is 2.15. The van der Waals surface area contributed by atoms with Crippen LogP contribution >= 0.6 is 0 Å². The molecule has 16 heavy (non-hydrogen) atoms. The second-order valence-electron chi connectivity index (χ2n) is 5.68. The SMILES string of the molecule is CCn1ccnc1CO[Si](C)(C)C(C)(C)C. The van der Waals surface area contributed by atoms with Crippen LogP contribution in [0.25, 0.3) is 0 Å². The molecule has 0 bridgehead atoms. The van der Waals surface area contributed by atoms with E-state index in [4.69, 9.17) is 4.43 Å². The smallest absolute Gasteiger partial charge is 0.192 e. The summed E-state index contributed by atoms with van der Waals surface area (Å²) in [5, 5.41) is 0.261. The summed E-state index contributed by atoms with van der Waals surface area (Å²) >= 11 is 0. The topological polar surface area (TPSA) is 27.1 Å². The molecule has 0 saturated carbocycles. The maximum atomic E-state index is 6.14. The average Bonchev–Trinajstić information content (AvgIpc) is 2.60. The van der Waals surface area contributed by atoms with E-state index in [1.54, 1.807) is 0 Å². The molecule has 0 amide bonds. The quantitative estimate of drug-likeness (QED) is 0.754. The molecule has 0 aliphatic carbocycles. The minimum Gasteiger partial charge on any atom is -0.409 e. The minimum absolute atomic E-state index is 0.261. The van der Waals surface area contributed by atoms with E-state index in [-0.39, 0.29) is 5.04 Å². The molecule has 0 atom stereocenters. The van der Waals surface area contributed by atoms with Gasteiger partial charge in [-0.1, -0.05) is 20.8 Å². The van der Waals surface area contributed by atoms with E-state index >= 15 is 0 Å². The lowest BCUT2D eigenvalue weighted by atomic mass is 10.2. The molecular weight excluding hydrogens is 216 g/mol. The van der Waals surface area contributed by atoms with Crippen molar-refractivity contribution < 1.29 is 4.43 Å². The Balaban J connectivity index is 2.65. The van der Waals surface area contributed by atoms with E-state index in [0.29, 0.717) is 6.61 Å². The first-order chi connectivity index (χ1) is 7.28. The molecule has 0 spiro atoms. The predicted octanol–water partition coefficient (Wildman–Crippen LogP) is 3.42. The van der Waals surface area contributed by atoms with E-state index in [1.165, 1.54) is 0 Å². The lowest BCUT2D eigenvalue weighted by Crippen LogP contribution is -2.40. The number of aryl methyl sites for hydroxylation is 1. The number of aromatic nitrogens is 2. The summed E-state index contributed by atoms with van der Waals surface area (Å²) < 4.78 is 8.27. The number of rotatable bonds is 4. The van der Waals surface area contributed by atoms with Crippen LogP contribution in [0.2, 0.25) is 18.1 Å². The van der Waals surface area contributed by atoms with E-state index in [2.05, 4.69) is 50.3 Å². The molecule has 0 aromatic carbocycles. The van der Waals surface area contributed by atoms with Crippen LogP contribution in [-0.4, -0.2) is 17.9 Å². The van der Waals surface area contributed by atoms with Crippen molar-refractivity contribution in [3.8, 4) is 0 Å². The third kappa shape index (κ3) is 2.95. The molecule has 0 unspecified atom stereocenters. The molecule has 0 aliphatic heterocycles. The summed E-state index contributed by atoms with van der Waals surface area (Å²) in [6, 6.07) is 0. The van der Waals surface area contributed by atoms with Gasteiger partial charge in [-0.15, -0.1) is 0 Å². The van der Waals surface area contributed by atoms with E-state index in [9.17, 15) is 0 Å². The highest BCUT2D eigenvalue weighted by molar-refractivity contribution is 6.74. The highest BCUT2D eigenvalue weighted by Crippen LogP contribution is 2.36. The van der Waals surface area contributed by atoms with Gasteiger partial charge >= 0.3 is 0 Å². The van der Waals surface area contributed by atoms with Crippen molar-refractivity contribution >= 4 is 8.32 Å². The maximum Gasteiger partial charge on any atom is 0.192 e. The van der Waals surface area contributed by atoms with Crippen LogP contribution in [0, 0.1) is 0 Å². The van der Waals surface area contributed by atoms with Gasteiger partial charge in [0.25, 0.3) is 0 Å².